The number of nitrogens with zero attached hydrogens (tertiary/aromatic N) is 6. The van der Waals surface area contributed by atoms with E-state index < -0.39 is 36.5 Å². The lowest BCUT2D eigenvalue weighted by molar-refractivity contribution is 0.0783. The zero-order chi connectivity index (χ0) is 26.4. The van der Waals surface area contributed by atoms with E-state index >= 15 is 0 Å². The highest BCUT2D eigenvalue weighted by atomic mass is 19.1. The van der Waals surface area contributed by atoms with Gasteiger partial charge in [-0.15, -0.1) is 0 Å². The second-order valence-corrected chi connectivity index (χ2v) is 7.76. The van der Waals surface area contributed by atoms with Gasteiger partial charge in [-0.1, -0.05) is 12.1 Å². The molecule has 0 amide bonds. The number of nitriles is 1. The van der Waals surface area contributed by atoms with E-state index in [2.05, 4.69) is 19.9 Å². The number of H-pyrrole nitrogens is 1. The van der Waals surface area contributed by atoms with Crippen LogP contribution in [0.2, 0.25) is 0 Å². The van der Waals surface area contributed by atoms with Crippen molar-refractivity contribution in [2.45, 2.75) is 19.2 Å². The lowest BCUT2D eigenvalue weighted by Crippen LogP contribution is -2.51. The third-order valence-electron chi connectivity index (χ3n) is 5.07. The fourth-order valence-corrected chi connectivity index (χ4v) is 3.26. The van der Waals surface area contributed by atoms with E-state index in [1.807, 2.05) is 6.07 Å². The summed E-state index contributed by atoms with van der Waals surface area (Å²) in [5, 5.41) is 27.7. The Morgan fingerprint density at radius 1 is 1.05 bits per heavy atom. The Hall–Kier alpha value is -4.93. The SMILES string of the molecule is N#Cc1ncc(Oc2ccc(/N=c3\[nH]c(=O)n(C[C@H](O)CO)c(=O)n3Cc3ccc(F)cc3)cc2)cn1. The molecule has 2 aromatic heterocycles. The minimum absolute atomic E-state index is 0.0113. The Balaban J connectivity index is 1.70. The van der Waals surface area contributed by atoms with Gasteiger partial charge in [0.2, 0.25) is 11.4 Å². The molecule has 2 heterocycles. The minimum atomic E-state index is -1.32. The van der Waals surface area contributed by atoms with Crippen LogP contribution in [0.15, 0.2) is 75.5 Å². The highest BCUT2D eigenvalue weighted by Gasteiger charge is 2.13. The summed E-state index contributed by atoms with van der Waals surface area (Å²) in [6.07, 6.45) is 1.39. The van der Waals surface area contributed by atoms with Crippen LogP contribution in [-0.4, -0.2) is 47.0 Å². The maximum absolute atomic E-state index is 13.4. The van der Waals surface area contributed by atoms with Gasteiger partial charge >= 0.3 is 11.4 Å². The van der Waals surface area contributed by atoms with Gasteiger partial charge < -0.3 is 14.9 Å². The number of ether oxygens (including phenoxy) is 1. The van der Waals surface area contributed by atoms with Gasteiger partial charge in [0.15, 0.2) is 5.75 Å². The van der Waals surface area contributed by atoms with Crippen molar-refractivity contribution >= 4 is 5.69 Å². The predicted octanol–water partition coefficient (Wildman–Crippen LogP) is 0.565. The number of hydrogen-bond acceptors (Lipinski definition) is 9. The van der Waals surface area contributed by atoms with Crippen LogP contribution >= 0.6 is 0 Å². The molecular weight excluding hydrogens is 485 g/mol. The molecule has 1 atom stereocenters. The first-order valence-electron chi connectivity index (χ1n) is 10.9. The number of benzene rings is 2. The average Bonchev–Trinajstić information content (AvgIpc) is 2.91. The van der Waals surface area contributed by atoms with Crippen LogP contribution in [0.1, 0.15) is 11.4 Å². The molecular formula is C24H20FN7O5. The van der Waals surface area contributed by atoms with Crippen molar-refractivity contribution < 1.29 is 19.3 Å². The molecule has 0 aliphatic rings. The maximum atomic E-state index is 13.4. The summed E-state index contributed by atoms with van der Waals surface area (Å²) in [4.78, 5) is 40.3. The standard InChI is InChI=1S/C24H20FN7O5/c25-16-3-1-15(2-4-16)12-31-22(30-23(35)32(24(31)36)13-18(34)14-33)29-17-5-7-19(8-6-17)37-20-10-27-21(9-26)28-11-20/h1-8,10-11,18,33-34H,12-14H2,(H,29,30,35)/t18-/m0/s1. The molecule has 0 aliphatic carbocycles. The Labute approximate surface area is 207 Å². The highest BCUT2D eigenvalue weighted by molar-refractivity contribution is 5.42. The van der Waals surface area contributed by atoms with Gasteiger partial charge in [0.1, 0.15) is 17.6 Å². The third kappa shape index (κ3) is 6.20. The first-order valence-corrected chi connectivity index (χ1v) is 10.9. The minimum Gasteiger partial charge on any atom is -0.454 e. The maximum Gasteiger partial charge on any atom is 0.335 e. The van der Waals surface area contributed by atoms with Gasteiger partial charge in [0.25, 0.3) is 0 Å². The molecule has 0 bridgehead atoms. The van der Waals surface area contributed by atoms with Crippen LogP contribution in [0.25, 0.3) is 0 Å². The lowest BCUT2D eigenvalue weighted by Gasteiger charge is -2.13. The van der Waals surface area contributed by atoms with Gasteiger partial charge in [-0.05, 0) is 42.0 Å². The van der Waals surface area contributed by atoms with E-state index in [4.69, 9.17) is 15.1 Å². The Bertz CT molecular complexity index is 1600. The summed E-state index contributed by atoms with van der Waals surface area (Å²) in [5.74, 6) is 0.308. The van der Waals surface area contributed by atoms with E-state index in [1.165, 1.54) is 36.7 Å². The van der Waals surface area contributed by atoms with Crippen LogP contribution < -0.4 is 21.7 Å². The van der Waals surface area contributed by atoms with E-state index in [0.29, 0.717) is 22.7 Å². The van der Waals surface area contributed by atoms with E-state index in [9.17, 15) is 19.1 Å². The second kappa shape index (κ2) is 11.2. The third-order valence-corrected chi connectivity index (χ3v) is 5.07. The van der Waals surface area contributed by atoms with Crippen LogP contribution in [0.5, 0.6) is 11.5 Å². The first kappa shape index (κ1) is 25.2. The molecule has 0 aliphatic heterocycles. The van der Waals surface area contributed by atoms with Crippen LogP contribution in [0, 0.1) is 17.1 Å². The van der Waals surface area contributed by atoms with Crippen LogP contribution in [0.4, 0.5) is 10.1 Å². The summed E-state index contributed by atoms with van der Waals surface area (Å²) < 4.78 is 20.9. The molecule has 0 saturated heterocycles. The molecule has 12 nitrogen and oxygen atoms in total. The molecule has 0 saturated carbocycles. The molecule has 188 valence electrons. The Morgan fingerprint density at radius 3 is 2.35 bits per heavy atom. The zero-order valence-electron chi connectivity index (χ0n) is 19.2. The quantitative estimate of drug-likeness (QED) is 0.312. The van der Waals surface area contributed by atoms with Crippen molar-refractivity contribution in [2.24, 2.45) is 4.99 Å². The highest BCUT2D eigenvalue weighted by Crippen LogP contribution is 2.22. The number of halogens is 1. The van der Waals surface area contributed by atoms with Crippen molar-refractivity contribution in [1.29, 1.82) is 5.26 Å². The molecule has 13 heteroatoms. The normalized spacial score (nSPS) is 12.2. The number of hydrogen-bond donors (Lipinski definition) is 3. The number of aliphatic hydroxyl groups is 2. The van der Waals surface area contributed by atoms with Crippen molar-refractivity contribution in [3.8, 4) is 17.6 Å². The van der Waals surface area contributed by atoms with Gasteiger partial charge in [0, 0.05) is 0 Å². The number of rotatable bonds is 8. The predicted molar refractivity (Wildman–Crippen MR) is 126 cm³/mol. The average molecular weight is 505 g/mol. The fourth-order valence-electron chi connectivity index (χ4n) is 3.26. The van der Waals surface area contributed by atoms with E-state index in [0.717, 1.165) is 9.13 Å². The summed E-state index contributed by atoms with van der Waals surface area (Å²) >= 11 is 0. The van der Waals surface area contributed by atoms with Crippen molar-refractivity contribution in [2.75, 3.05) is 6.61 Å². The van der Waals surface area contributed by atoms with Gasteiger partial charge in [-0.2, -0.15) is 5.26 Å². The molecule has 4 rings (SSSR count). The molecule has 0 spiro atoms. The number of aromatic amines is 1. The largest absolute Gasteiger partial charge is 0.454 e. The smallest absolute Gasteiger partial charge is 0.335 e. The molecule has 0 radical (unpaired) electrons. The number of aliphatic hydroxyl groups excluding tert-OH is 2. The monoisotopic (exact) mass is 505 g/mol. The summed E-state index contributed by atoms with van der Waals surface area (Å²) in [7, 11) is 0. The lowest BCUT2D eigenvalue weighted by atomic mass is 10.2. The van der Waals surface area contributed by atoms with Gasteiger partial charge in [-0.25, -0.2) is 33.5 Å². The summed E-state index contributed by atoms with van der Waals surface area (Å²) in [6.45, 7) is -1.12. The second-order valence-electron chi connectivity index (χ2n) is 7.76. The molecule has 0 fully saturated rings. The number of aromatic nitrogens is 5. The van der Waals surface area contributed by atoms with Crippen LogP contribution in [0.3, 0.4) is 0 Å². The first-order chi connectivity index (χ1) is 17.9. The Kier molecular flexibility index (Phi) is 7.62. The molecule has 4 aromatic rings. The van der Waals surface area contributed by atoms with E-state index in [1.54, 1.807) is 24.3 Å². The Morgan fingerprint density at radius 2 is 1.73 bits per heavy atom. The van der Waals surface area contributed by atoms with Crippen molar-refractivity contribution in [3.05, 3.63) is 105 Å². The number of nitrogens with one attached hydrogen (secondary N) is 1. The summed E-state index contributed by atoms with van der Waals surface area (Å²) in [6, 6.07) is 13.6. The van der Waals surface area contributed by atoms with Gasteiger partial charge in [0.05, 0.1) is 43.9 Å². The van der Waals surface area contributed by atoms with Crippen LogP contribution in [-0.2, 0) is 13.1 Å². The van der Waals surface area contributed by atoms with Crippen molar-refractivity contribution in [1.82, 2.24) is 24.1 Å². The molecule has 0 unspecified atom stereocenters. The zero-order valence-corrected chi connectivity index (χ0v) is 19.2. The van der Waals surface area contributed by atoms with Gasteiger partial charge in [-0.3, -0.25) is 9.55 Å². The van der Waals surface area contributed by atoms with E-state index in [-0.39, 0.29) is 18.0 Å². The topological polar surface area (TPSA) is 171 Å². The molecule has 2 aromatic carbocycles. The summed E-state index contributed by atoms with van der Waals surface area (Å²) in [5.41, 5.74) is -0.746. The molecule has 37 heavy (non-hydrogen) atoms. The van der Waals surface area contributed by atoms with Crippen molar-refractivity contribution in [3.63, 3.8) is 0 Å². The molecule has 3 N–H and O–H groups in total. The fraction of sp³-hybridized carbons (Fsp3) is 0.167.